The molecular weight excluding hydrogens is 262 g/mol. The Balaban J connectivity index is 2.12. The van der Waals surface area contributed by atoms with Crippen molar-refractivity contribution in [1.29, 1.82) is 0 Å². The van der Waals surface area contributed by atoms with Crippen LogP contribution in [0.5, 0.6) is 0 Å². The third-order valence-electron chi connectivity index (χ3n) is 2.47. The minimum atomic E-state index is -1.18. The summed E-state index contributed by atoms with van der Waals surface area (Å²) in [5.41, 5.74) is 4.16. The summed E-state index contributed by atoms with van der Waals surface area (Å²) in [4.78, 5) is 17.5. The summed E-state index contributed by atoms with van der Waals surface area (Å²) < 4.78 is 5.23. The lowest BCUT2D eigenvalue weighted by molar-refractivity contribution is -0.00810. The lowest BCUT2D eigenvalue weighted by Crippen LogP contribution is -2.33. The molecule has 0 amide bonds. The molecule has 1 saturated heterocycles. The van der Waals surface area contributed by atoms with Gasteiger partial charge < -0.3 is 30.8 Å². The highest BCUT2D eigenvalue weighted by atomic mass is 32.2. The van der Waals surface area contributed by atoms with E-state index in [1.54, 1.807) is 0 Å². The first-order valence-electron chi connectivity index (χ1n) is 5.17. The van der Waals surface area contributed by atoms with Gasteiger partial charge in [-0.2, -0.15) is 0 Å². The van der Waals surface area contributed by atoms with E-state index in [0.717, 1.165) is 17.8 Å². The maximum atomic E-state index is 11.2. The fourth-order valence-corrected chi connectivity index (χ4v) is 2.62. The van der Waals surface area contributed by atoms with Crippen LogP contribution < -0.4 is 11.3 Å². The van der Waals surface area contributed by atoms with Crippen LogP contribution in [-0.2, 0) is 4.74 Å². The van der Waals surface area contributed by atoms with Crippen LogP contribution in [-0.4, -0.2) is 55.6 Å². The van der Waals surface area contributed by atoms with Crippen LogP contribution in [0.1, 0.15) is 0 Å². The minimum absolute atomic E-state index is 0.0491. The molecule has 2 heterocycles. The Morgan fingerprint density at radius 2 is 2.22 bits per heavy atom. The average molecular weight is 275 g/mol. The zero-order chi connectivity index (χ0) is 13.3. The lowest BCUT2D eigenvalue weighted by Gasteiger charge is -2.13. The van der Waals surface area contributed by atoms with Gasteiger partial charge in [-0.3, -0.25) is 4.79 Å². The van der Waals surface area contributed by atoms with Crippen LogP contribution in [0.25, 0.3) is 0 Å². The normalized spacial score (nSPS) is 31.7. The number of nitrogen functional groups attached to an aromatic ring is 1. The number of thioether (sulfide) groups is 1. The summed E-state index contributed by atoms with van der Waals surface area (Å²) in [5, 5.41) is 28.4. The van der Waals surface area contributed by atoms with Crippen molar-refractivity contribution >= 4 is 17.6 Å². The maximum absolute atomic E-state index is 11.2. The molecule has 1 aromatic heterocycles. The standard InChI is InChI=1S/C9H13N3O5S/c10-4-1-5(14)12-9(11-4)18-8-7(16)6(15)3(2-13)17-8/h1,3,6-8,13,15-16H,2H2,(H3,10,11,12,14)/t3-,6+,7+,8+/m0/s1. The van der Waals surface area contributed by atoms with Crippen molar-refractivity contribution in [2.45, 2.75) is 28.9 Å². The molecular formula is C9H13N3O5S. The monoisotopic (exact) mass is 275 g/mol. The molecule has 0 unspecified atom stereocenters. The summed E-state index contributed by atoms with van der Waals surface area (Å²) in [6.07, 6.45) is -3.22. The highest BCUT2D eigenvalue weighted by molar-refractivity contribution is 7.99. The molecule has 2 rings (SSSR count). The van der Waals surface area contributed by atoms with Gasteiger partial charge in [-0.25, -0.2) is 4.98 Å². The van der Waals surface area contributed by atoms with Crippen molar-refractivity contribution < 1.29 is 20.1 Å². The van der Waals surface area contributed by atoms with Gasteiger partial charge in [-0.05, 0) is 0 Å². The van der Waals surface area contributed by atoms with Crippen LogP contribution in [0.2, 0.25) is 0 Å². The third kappa shape index (κ3) is 2.65. The van der Waals surface area contributed by atoms with Crippen molar-refractivity contribution in [3.8, 4) is 0 Å². The topological polar surface area (TPSA) is 142 Å². The lowest BCUT2D eigenvalue weighted by atomic mass is 10.2. The number of hydrogen-bond acceptors (Lipinski definition) is 8. The Kier molecular flexibility index (Phi) is 3.88. The molecule has 0 aromatic carbocycles. The van der Waals surface area contributed by atoms with Gasteiger partial charge in [0.15, 0.2) is 5.16 Å². The smallest absolute Gasteiger partial charge is 0.253 e. The first-order valence-corrected chi connectivity index (χ1v) is 6.05. The summed E-state index contributed by atoms with van der Waals surface area (Å²) in [6.45, 7) is -0.407. The van der Waals surface area contributed by atoms with Gasteiger partial charge in [0.2, 0.25) is 0 Å². The van der Waals surface area contributed by atoms with E-state index < -0.39 is 35.9 Å². The highest BCUT2D eigenvalue weighted by Crippen LogP contribution is 2.32. The van der Waals surface area contributed by atoms with Gasteiger partial charge in [0.25, 0.3) is 5.56 Å². The summed E-state index contributed by atoms with van der Waals surface area (Å²) in [5.74, 6) is 0.0491. The summed E-state index contributed by atoms with van der Waals surface area (Å²) >= 11 is 0.921. The van der Waals surface area contributed by atoms with Crippen molar-refractivity contribution in [2.75, 3.05) is 12.3 Å². The van der Waals surface area contributed by atoms with Crippen LogP contribution in [0.3, 0.4) is 0 Å². The zero-order valence-corrected chi connectivity index (χ0v) is 10.0. The van der Waals surface area contributed by atoms with Crippen LogP contribution >= 0.6 is 11.8 Å². The first kappa shape index (κ1) is 13.3. The molecule has 0 radical (unpaired) electrons. The Labute approximate surface area is 106 Å². The molecule has 0 aliphatic carbocycles. The van der Waals surface area contributed by atoms with Gasteiger partial charge in [0.1, 0.15) is 29.6 Å². The summed E-state index contributed by atoms with van der Waals surface area (Å²) in [7, 11) is 0. The molecule has 1 aromatic rings. The molecule has 100 valence electrons. The van der Waals surface area contributed by atoms with E-state index in [1.165, 1.54) is 0 Å². The number of aliphatic hydroxyl groups is 3. The van der Waals surface area contributed by atoms with Crippen LogP contribution in [0.15, 0.2) is 16.0 Å². The van der Waals surface area contributed by atoms with Gasteiger partial charge in [-0.1, -0.05) is 11.8 Å². The van der Waals surface area contributed by atoms with Crippen molar-refractivity contribution in [3.63, 3.8) is 0 Å². The largest absolute Gasteiger partial charge is 0.394 e. The molecule has 18 heavy (non-hydrogen) atoms. The Hall–Kier alpha value is -1.13. The van der Waals surface area contributed by atoms with E-state index in [1.807, 2.05) is 0 Å². The van der Waals surface area contributed by atoms with Gasteiger partial charge in [0, 0.05) is 6.07 Å². The van der Waals surface area contributed by atoms with E-state index in [4.69, 9.17) is 15.6 Å². The molecule has 0 spiro atoms. The fourth-order valence-electron chi connectivity index (χ4n) is 1.58. The predicted octanol–water partition coefficient (Wildman–Crippen LogP) is -2.12. The average Bonchev–Trinajstić information content (AvgIpc) is 2.55. The van der Waals surface area contributed by atoms with Crippen LogP contribution in [0, 0.1) is 0 Å². The number of ether oxygens (including phenoxy) is 1. The summed E-state index contributed by atoms with van der Waals surface area (Å²) in [6, 6.07) is 1.13. The van der Waals surface area contributed by atoms with Gasteiger partial charge >= 0.3 is 0 Å². The Morgan fingerprint density at radius 3 is 2.78 bits per heavy atom. The van der Waals surface area contributed by atoms with E-state index in [9.17, 15) is 15.0 Å². The van der Waals surface area contributed by atoms with Crippen LogP contribution in [0.4, 0.5) is 5.82 Å². The number of nitrogens with two attached hydrogens (primary N) is 1. The third-order valence-corrected chi connectivity index (χ3v) is 3.50. The molecule has 1 aliphatic heterocycles. The predicted molar refractivity (Wildman–Crippen MR) is 62.9 cm³/mol. The van der Waals surface area contributed by atoms with Gasteiger partial charge in [-0.15, -0.1) is 0 Å². The quantitative estimate of drug-likeness (QED) is 0.394. The Morgan fingerprint density at radius 1 is 1.50 bits per heavy atom. The number of hydrogen-bond donors (Lipinski definition) is 5. The SMILES string of the molecule is Nc1cc(=O)[nH]c(S[C@H]2O[C@@H](CO)[C@@H](O)[C@H]2O)n1. The molecule has 0 saturated carbocycles. The second kappa shape index (κ2) is 5.24. The molecule has 4 atom stereocenters. The van der Waals surface area contributed by atoms with Crippen molar-refractivity contribution in [2.24, 2.45) is 0 Å². The van der Waals surface area contributed by atoms with Crippen molar-refractivity contribution in [3.05, 3.63) is 16.4 Å². The molecule has 9 heteroatoms. The second-order valence-electron chi connectivity index (χ2n) is 3.80. The fraction of sp³-hybridized carbons (Fsp3) is 0.556. The molecule has 8 nitrogen and oxygen atoms in total. The highest BCUT2D eigenvalue weighted by Gasteiger charge is 2.43. The van der Waals surface area contributed by atoms with E-state index in [0.29, 0.717) is 0 Å². The number of aromatic nitrogens is 2. The number of aliphatic hydroxyl groups excluding tert-OH is 3. The number of aromatic amines is 1. The Bertz CT molecular complexity index is 482. The first-order chi connectivity index (χ1) is 8.51. The zero-order valence-electron chi connectivity index (χ0n) is 9.18. The second-order valence-corrected chi connectivity index (χ2v) is 4.89. The number of H-pyrrole nitrogens is 1. The number of nitrogens with one attached hydrogen (secondary N) is 1. The molecule has 6 N–H and O–H groups in total. The minimum Gasteiger partial charge on any atom is -0.394 e. The number of anilines is 1. The maximum Gasteiger partial charge on any atom is 0.253 e. The van der Waals surface area contributed by atoms with E-state index in [-0.39, 0.29) is 11.0 Å². The van der Waals surface area contributed by atoms with Gasteiger partial charge in [0.05, 0.1) is 6.61 Å². The van der Waals surface area contributed by atoms with E-state index >= 15 is 0 Å². The molecule has 1 aliphatic rings. The van der Waals surface area contributed by atoms with Crippen molar-refractivity contribution in [1.82, 2.24) is 9.97 Å². The van der Waals surface area contributed by atoms with E-state index in [2.05, 4.69) is 9.97 Å². The number of nitrogens with zero attached hydrogens (tertiary/aromatic N) is 1. The molecule has 1 fully saturated rings. The number of rotatable bonds is 3. The molecule has 0 bridgehead atoms.